The molecule has 0 atom stereocenters. The second-order valence-electron chi connectivity index (χ2n) is 5.63. The lowest BCUT2D eigenvalue weighted by molar-refractivity contribution is 0.102. The number of halogens is 3. The van der Waals surface area contributed by atoms with Crippen LogP contribution in [0.5, 0.6) is 5.75 Å². The molecule has 4 nitrogen and oxygen atoms in total. The van der Waals surface area contributed by atoms with Gasteiger partial charge in [0.05, 0.1) is 34.5 Å². The monoisotopic (exact) mass is 415 g/mol. The van der Waals surface area contributed by atoms with Crippen LogP contribution in [-0.2, 0) is 11.3 Å². The van der Waals surface area contributed by atoms with Crippen molar-refractivity contribution in [3.8, 4) is 5.75 Å². The fourth-order valence-electron chi connectivity index (χ4n) is 2.27. The second-order valence-corrected chi connectivity index (χ2v) is 6.85. The van der Waals surface area contributed by atoms with Crippen molar-refractivity contribution in [2.24, 2.45) is 0 Å². The lowest BCUT2D eigenvalue weighted by Gasteiger charge is -2.12. The number of carbonyl (C=O) groups excluding carboxylic acids is 1. The highest BCUT2D eigenvalue weighted by atomic mass is 35.5. The molecule has 2 rings (SSSR count). The number of hydrogen-bond acceptors (Lipinski definition) is 3. The van der Waals surface area contributed by atoms with Gasteiger partial charge in [-0.15, -0.1) is 0 Å². The number of nitrogens with one attached hydrogen (secondary N) is 1. The Labute approximate surface area is 168 Å². The van der Waals surface area contributed by atoms with Crippen LogP contribution in [0.2, 0.25) is 15.1 Å². The number of rotatable bonds is 8. The van der Waals surface area contributed by atoms with E-state index < -0.39 is 0 Å². The van der Waals surface area contributed by atoms with Crippen LogP contribution in [-0.4, -0.2) is 19.6 Å². The minimum Gasteiger partial charge on any atom is -0.496 e. The van der Waals surface area contributed by atoms with Gasteiger partial charge in [-0.1, -0.05) is 48.1 Å². The summed E-state index contributed by atoms with van der Waals surface area (Å²) in [5.41, 5.74) is 1.65. The molecule has 0 unspecified atom stereocenters. The zero-order valence-electron chi connectivity index (χ0n) is 14.6. The zero-order chi connectivity index (χ0) is 19.1. The normalized spacial score (nSPS) is 10.7. The maximum absolute atomic E-state index is 12.6. The molecule has 2 aromatic rings. The van der Waals surface area contributed by atoms with E-state index in [2.05, 4.69) is 12.2 Å². The molecule has 0 aliphatic carbocycles. The van der Waals surface area contributed by atoms with E-state index >= 15 is 0 Å². The highest BCUT2D eigenvalue weighted by molar-refractivity contribution is 6.44. The molecule has 7 heteroatoms. The molecule has 0 aliphatic rings. The first-order valence-electron chi connectivity index (χ1n) is 8.16. The van der Waals surface area contributed by atoms with Gasteiger partial charge in [-0.3, -0.25) is 4.79 Å². The molecular formula is C19H20Cl3NO3. The smallest absolute Gasteiger partial charge is 0.255 e. The van der Waals surface area contributed by atoms with Crippen LogP contribution in [0.4, 0.5) is 5.69 Å². The molecule has 0 heterocycles. The Morgan fingerprint density at radius 2 is 1.81 bits per heavy atom. The molecular weight excluding hydrogens is 397 g/mol. The van der Waals surface area contributed by atoms with Crippen molar-refractivity contribution in [3.63, 3.8) is 0 Å². The van der Waals surface area contributed by atoms with Crippen molar-refractivity contribution >= 4 is 46.4 Å². The maximum atomic E-state index is 12.6. The number of ether oxygens (including phenoxy) is 2. The Morgan fingerprint density at radius 1 is 1.08 bits per heavy atom. The van der Waals surface area contributed by atoms with Crippen LogP contribution in [0, 0.1) is 0 Å². The van der Waals surface area contributed by atoms with Gasteiger partial charge in [0.25, 0.3) is 5.91 Å². The Kier molecular flexibility index (Phi) is 8.04. The molecule has 1 amide bonds. The third-order valence-corrected chi connectivity index (χ3v) is 4.74. The average Bonchev–Trinajstić information content (AvgIpc) is 2.63. The first kappa shape index (κ1) is 20.8. The molecule has 1 N–H and O–H groups in total. The van der Waals surface area contributed by atoms with E-state index in [-0.39, 0.29) is 5.91 Å². The molecule has 0 spiro atoms. The van der Waals surface area contributed by atoms with Crippen LogP contribution < -0.4 is 10.1 Å². The highest BCUT2D eigenvalue weighted by Crippen LogP contribution is 2.32. The minimum absolute atomic E-state index is 0.310. The first-order chi connectivity index (χ1) is 12.5. The van der Waals surface area contributed by atoms with Crippen molar-refractivity contribution in [1.82, 2.24) is 0 Å². The molecule has 0 saturated carbocycles. The molecule has 2 aromatic carbocycles. The largest absolute Gasteiger partial charge is 0.496 e. The van der Waals surface area contributed by atoms with Gasteiger partial charge in [0.2, 0.25) is 0 Å². The summed E-state index contributed by atoms with van der Waals surface area (Å²) in [4.78, 5) is 12.6. The van der Waals surface area contributed by atoms with E-state index in [0.29, 0.717) is 45.3 Å². The summed E-state index contributed by atoms with van der Waals surface area (Å²) in [5, 5.41) is 3.69. The van der Waals surface area contributed by atoms with E-state index in [0.717, 1.165) is 18.4 Å². The van der Waals surface area contributed by atoms with Crippen molar-refractivity contribution in [2.75, 3.05) is 19.0 Å². The minimum atomic E-state index is -0.317. The van der Waals surface area contributed by atoms with E-state index in [1.165, 1.54) is 12.1 Å². The quantitative estimate of drug-likeness (QED) is 0.410. The molecule has 0 bridgehead atoms. The Balaban J connectivity index is 2.17. The molecule has 140 valence electrons. The summed E-state index contributed by atoms with van der Waals surface area (Å²) in [7, 11) is 1.58. The van der Waals surface area contributed by atoms with Gasteiger partial charge in [-0.25, -0.2) is 0 Å². The van der Waals surface area contributed by atoms with Gasteiger partial charge >= 0.3 is 0 Å². The number of unbranched alkanes of at least 4 members (excludes halogenated alkanes) is 1. The van der Waals surface area contributed by atoms with Crippen LogP contribution in [0.3, 0.4) is 0 Å². The third kappa shape index (κ3) is 5.52. The molecule has 0 aliphatic heterocycles. The van der Waals surface area contributed by atoms with E-state index in [1.807, 2.05) is 0 Å². The summed E-state index contributed by atoms with van der Waals surface area (Å²) in [6, 6.07) is 8.16. The van der Waals surface area contributed by atoms with E-state index in [9.17, 15) is 4.79 Å². The predicted octanol–water partition coefficient (Wildman–Crippen LogP) is 6.22. The Morgan fingerprint density at radius 3 is 2.50 bits per heavy atom. The molecule has 0 fully saturated rings. The highest BCUT2D eigenvalue weighted by Gasteiger charge is 2.13. The van der Waals surface area contributed by atoms with Crippen molar-refractivity contribution in [1.29, 1.82) is 0 Å². The van der Waals surface area contributed by atoms with Gasteiger partial charge in [0.15, 0.2) is 0 Å². The van der Waals surface area contributed by atoms with Gasteiger partial charge in [0, 0.05) is 17.7 Å². The van der Waals surface area contributed by atoms with Crippen LogP contribution in [0.25, 0.3) is 0 Å². The summed E-state index contributed by atoms with van der Waals surface area (Å²) < 4.78 is 11.0. The van der Waals surface area contributed by atoms with Crippen molar-refractivity contribution in [3.05, 3.63) is 56.5 Å². The number of carbonyl (C=O) groups is 1. The molecule has 26 heavy (non-hydrogen) atoms. The lowest BCUT2D eigenvalue weighted by atomic mass is 10.1. The fourth-order valence-corrected chi connectivity index (χ4v) is 2.87. The third-order valence-electron chi connectivity index (χ3n) is 3.70. The maximum Gasteiger partial charge on any atom is 0.255 e. The number of benzene rings is 2. The number of hydrogen-bond donors (Lipinski definition) is 1. The van der Waals surface area contributed by atoms with Crippen LogP contribution >= 0.6 is 34.8 Å². The Hall–Kier alpha value is -1.46. The standard InChI is InChI=1S/C19H20Cl3NO3/c1-3-4-7-26-11-13-8-12(5-6-18(13)25-2)19(24)23-17-10-15(21)14(20)9-16(17)22/h5-6,8-10H,3-4,7,11H2,1-2H3,(H,23,24). The van der Waals surface area contributed by atoms with Gasteiger partial charge in [0.1, 0.15) is 5.75 Å². The van der Waals surface area contributed by atoms with Gasteiger partial charge in [-0.05, 0) is 36.8 Å². The zero-order valence-corrected chi connectivity index (χ0v) is 16.8. The summed E-state index contributed by atoms with van der Waals surface area (Å²) >= 11 is 18.0. The van der Waals surface area contributed by atoms with Gasteiger partial charge < -0.3 is 14.8 Å². The molecule has 0 radical (unpaired) electrons. The van der Waals surface area contributed by atoms with Crippen LogP contribution in [0.15, 0.2) is 30.3 Å². The summed E-state index contributed by atoms with van der Waals surface area (Å²) in [6.07, 6.45) is 2.04. The molecule has 0 saturated heterocycles. The van der Waals surface area contributed by atoms with Gasteiger partial charge in [-0.2, -0.15) is 0 Å². The number of amides is 1. The lowest BCUT2D eigenvalue weighted by Crippen LogP contribution is -2.13. The second kappa shape index (κ2) is 10.0. The number of methoxy groups -OCH3 is 1. The fraction of sp³-hybridized carbons (Fsp3) is 0.316. The Bertz CT molecular complexity index is 781. The van der Waals surface area contributed by atoms with Crippen molar-refractivity contribution in [2.45, 2.75) is 26.4 Å². The summed E-state index contributed by atoms with van der Waals surface area (Å²) in [6.45, 7) is 3.13. The van der Waals surface area contributed by atoms with Crippen LogP contribution in [0.1, 0.15) is 35.7 Å². The SMILES string of the molecule is CCCCOCc1cc(C(=O)Nc2cc(Cl)c(Cl)cc2Cl)ccc1OC. The first-order valence-corrected chi connectivity index (χ1v) is 9.30. The summed E-state index contributed by atoms with van der Waals surface area (Å²) in [5.74, 6) is 0.355. The topological polar surface area (TPSA) is 47.6 Å². The predicted molar refractivity (Wildman–Crippen MR) is 107 cm³/mol. The average molecular weight is 417 g/mol. The van der Waals surface area contributed by atoms with E-state index in [4.69, 9.17) is 44.3 Å². The van der Waals surface area contributed by atoms with E-state index in [1.54, 1.807) is 25.3 Å². The number of anilines is 1. The molecule has 0 aromatic heterocycles. The van der Waals surface area contributed by atoms with Crippen molar-refractivity contribution < 1.29 is 14.3 Å².